The highest BCUT2D eigenvalue weighted by Crippen LogP contribution is 2.43. The summed E-state index contributed by atoms with van der Waals surface area (Å²) >= 11 is 3.95. The number of ether oxygens (including phenoxy) is 2. The lowest BCUT2D eigenvalue weighted by Gasteiger charge is -2.21. The standard InChI is InChI=1S/C21H23NO4S2/c1-14-4-5-16(20(24)25-2)12-18(14)22-19(23)13-26-17-8-6-15(7-9-17)21-27-10-3-11-28-21/h4-9,12,21H,3,10-11,13H2,1-2H3,(H,22,23). The molecule has 1 N–H and O–H groups in total. The van der Waals surface area contributed by atoms with Crippen LogP contribution < -0.4 is 10.1 Å². The summed E-state index contributed by atoms with van der Waals surface area (Å²) in [4.78, 5) is 23.9. The molecule has 1 saturated heterocycles. The molecule has 0 bridgehead atoms. The van der Waals surface area contributed by atoms with Gasteiger partial charge < -0.3 is 14.8 Å². The highest BCUT2D eigenvalue weighted by atomic mass is 32.2. The van der Waals surface area contributed by atoms with E-state index < -0.39 is 5.97 Å². The number of carbonyl (C=O) groups excluding carboxylic acids is 2. The molecule has 1 fully saturated rings. The van der Waals surface area contributed by atoms with Crippen LogP contribution in [0.1, 0.15) is 32.5 Å². The Morgan fingerprint density at radius 3 is 2.50 bits per heavy atom. The molecule has 0 atom stereocenters. The van der Waals surface area contributed by atoms with Crippen LogP contribution >= 0.6 is 23.5 Å². The Balaban J connectivity index is 1.55. The molecule has 148 valence electrons. The fourth-order valence-electron chi connectivity index (χ4n) is 2.74. The van der Waals surface area contributed by atoms with Crippen molar-refractivity contribution < 1.29 is 19.1 Å². The first kappa shape index (κ1) is 20.6. The van der Waals surface area contributed by atoms with Crippen molar-refractivity contribution in [2.24, 2.45) is 0 Å². The molecule has 1 heterocycles. The summed E-state index contributed by atoms with van der Waals surface area (Å²) in [7, 11) is 1.32. The van der Waals surface area contributed by atoms with Gasteiger partial charge in [0.25, 0.3) is 5.91 Å². The summed E-state index contributed by atoms with van der Waals surface area (Å²) in [5.41, 5.74) is 3.09. The average molecular weight is 418 g/mol. The van der Waals surface area contributed by atoms with E-state index in [4.69, 9.17) is 9.47 Å². The van der Waals surface area contributed by atoms with Crippen LogP contribution in [0.5, 0.6) is 5.75 Å². The van der Waals surface area contributed by atoms with Gasteiger partial charge in [0.2, 0.25) is 0 Å². The number of nitrogens with one attached hydrogen (secondary N) is 1. The first-order valence-corrected chi connectivity index (χ1v) is 11.1. The van der Waals surface area contributed by atoms with Gasteiger partial charge in [-0.25, -0.2) is 4.79 Å². The van der Waals surface area contributed by atoms with Gasteiger partial charge in [0.05, 0.1) is 17.3 Å². The van der Waals surface area contributed by atoms with Gasteiger partial charge in [0, 0.05) is 5.69 Å². The second kappa shape index (κ2) is 9.89. The zero-order chi connectivity index (χ0) is 19.9. The molecule has 0 aliphatic carbocycles. The summed E-state index contributed by atoms with van der Waals surface area (Å²) in [6.45, 7) is 1.76. The van der Waals surface area contributed by atoms with Crippen molar-refractivity contribution in [1.82, 2.24) is 0 Å². The van der Waals surface area contributed by atoms with Crippen molar-refractivity contribution >= 4 is 41.1 Å². The second-order valence-electron chi connectivity index (χ2n) is 6.35. The highest BCUT2D eigenvalue weighted by Gasteiger charge is 2.16. The van der Waals surface area contributed by atoms with Crippen molar-refractivity contribution in [3.8, 4) is 5.75 Å². The van der Waals surface area contributed by atoms with E-state index in [2.05, 4.69) is 17.4 Å². The Morgan fingerprint density at radius 2 is 1.82 bits per heavy atom. The van der Waals surface area contributed by atoms with Gasteiger partial charge >= 0.3 is 5.97 Å². The van der Waals surface area contributed by atoms with Crippen LogP contribution in [0.25, 0.3) is 0 Å². The zero-order valence-electron chi connectivity index (χ0n) is 15.9. The molecular formula is C21H23NO4S2. The Kier molecular flexibility index (Phi) is 7.28. The maximum atomic E-state index is 12.2. The van der Waals surface area contributed by atoms with Crippen LogP contribution in [0.2, 0.25) is 0 Å². The normalized spacial score (nSPS) is 14.4. The number of benzene rings is 2. The third kappa shape index (κ3) is 5.45. The maximum absolute atomic E-state index is 12.2. The van der Waals surface area contributed by atoms with Crippen LogP contribution in [0.4, 0.5) is 5.69 Å². The predicted molar refractivity (Wildman–Crippen MR) is 115 cm³/mol. The van der Waals surface area contributed by atoms with Crippen molar-refractivity contribution in [3.63, 3.8) is 0 Å². The smallest absolute Gasteiger partial charge is 0.337 e. The molecule has 2 aromatic rings. The van der Waals surface area contributed by atoms with Gasteiger partial charge in [0.1, 0.15) is 5.75 Å². The minimum absolute atomic E-state index is 0.103. The molecule has 0 saturated carbocycles. The monoisotopic (exact) mass is 417 g/mol. The summed E-state index contributed by atoms with van der Waals surface area (Å²) < 4.78 is 10.8. The number of anilines is 1. The molecule has 28 heavy (non-hydrogen) atoms. The molecule has 0 aromatic heterocycles. The van der Waals surface area contributed by atoms with Gasteiger partial charge in [-0.1, -0.05) is 18.2 Å². The molecule has 0 unspecified atom stereocenters. The fourth-order valence-corrected chi connectivity index (χ4v) is 5.63. The first-order valence-electron chi connectivity index (χ1n) is 9.01. The number of hydrogen-bond donors (Lipinski definition) is 1. The van der Waals surface area contributed by atoms with Crippen molar-refractivity contribution in [2.45, 2.75) is 17.9 Å². The third-order valence-corrected chi connectivity index (χ3v) is 7.30. The number of aryl methyl sites for hydroxylation is 1. The van der Waals surface area contributed by atoms with Gasteiger partial charge in [0.15, 0.2) is 6.61 Å². The van der Waals surface area contributed by atoms with Gasteiger partial charge in [-0.2, -0.15) is 0 Å². The number of esters is 1. The average Bonchev–Trinajstić information content (AvgIpc) is 2.74. The Hall–Kier alpha value is -2.12. The van der Waals surface area contributed by atoms with E-state index in [0.717, 1.165) is 5.56 Å². The van der Waals surface area contributed by atoms with Crippen LogP contribution in [-0.2, 0) is 9.53 Å². The Bertz CT molecular complexity index is 833. The number of carbonyl (C=O) groups is 2. The van der Waals surface area contributed by atoms with E-state index in [1.807, 2.05) is 42.6 Å². The predicted octanol–water partition coefficient (Wildman–Crippen LogP) is 4.67. The fraction of sp³-hybridized carbons (Fsp3) is 0.333. The molecule has 3 rings (SSSR count). The SMILES string of the molecule is COC(=O)c1ccc(C)c(NC(=O)COc2ccc(C3SCCCS3)cc2)c1. The number of thioether (sulfide) groups is 2. The molecule has 7 heteroatoms. The van der Waals surface area contributed by atoms with Crippen molar-refractivity contribution in [3.05, 3.63) is 59.2 Å². The topological polar surface area (TPSA) is 64.6 Å². The number of methoxy groups -OCH3 is 1. The first-order chi connectivity index (χ1) is 13.6. The van der Waals surface area contributed by atoms with Crippen LogP contribution in [0, 0.1) is 6.92 Å². The molecule has 1 aliphatic rings. The minimum Gasteiger partial charge on any atom is -0.484 e. The lowest BCUT2D eigenvalue weighted by Crippen LogP contribution is -2.21. The van der Waals surface area contributed by atoms with Crippen LogP contribution in [0.15, 0.2) is 42.5 Å². The lowest BCUT2D eigenvalue weighted by molar-refractivity contribution is -0.118. The molecule has 1 amide bonds. The molecule has 0 spiro atoms. The summed E-state index contributed by atoms with van der Waals surface area (Å²) in [5, 5.41) is 2.78. The van der Waals surface area contributed by atoms with E-state index in [1.165, 1.54) is 30.6 Å². The molecule has 2 aromatic carbocycles. The number of hydrogen-bond acceptors (Lipinski definition) is 6. The van der Waals surface area contributed by atoms with Gasteiger partial charge in [-0.15, -0.1) is 23.5 Å². The van der Waals surface area contributed by atoms with Crippen molar-refractivity contribution in [2.75, 3.05) is 30.5 Å². The zero-order valence-corrected chi connectivity index (χ0v) is 17.5. The number of amides is 1. The van der Waals surface area contributed by atoms with E-state index in [0.29, 0.717) is 21.6 Å². The lowest BCUT2D eigenvalue weighted by atomic mass is 10.1. The summed E-state index contributed by atoms with van der Waals surface area (Å²) in [6.07, 6.45) is 1.27. The maximum Gasteiger partial charge on any atom is 0.337 e. The van der Waals surface area contributed by atoms with E-state index >= 15 is 0 Å². The quantitative estimate of drug-likeness (QED) is 0.689. The van der Waals surface area contributed by atoms with E-state index in [1.54, 1.807) is 18.2 Å². The highest BCUT2D eigenvalue weighted by molar-refractivity contribution is 8.16. The molecule has 1 aliphatic heterocycles. The molecular weight excluding hydrogens is 394 g/mol. The van der Waals surface area contributed by atoms with Gasteiger partial charge in [-0.05, 0) is 60.2 Å². The Morgan fingerprint density at radius 1 is 1.11 bits per heavy atom. The van der Waals surface area contributed by atoms with Crippen molar-refractivity contribution in [1.29, 1.82) is 0 Å². The van der Waals surface area contributed by atoms with Crippen LogP contribution in [-0.4, -0.2) is 37.1 Å². The van der Waals surface area contributed by atoms with E-state index in [-0.39, 0.29) is 12.5 Å². The second-order valence-corrected chi connectivity index (χ2v) is 9.08. The van der Waals surface area contributed by atoms with E-state index in [9.17, 15) is 9.59 Å². The minimum atomic E-state index is -0.443. The molecule has 5 nitrogen and oxygen atoms in total. The van der Waals surface area contributed by atoms with Crippen LogP contribution in [0.3, 0.4) is 0 Å². The molecule has 0 radical (unpaired) electrons. The largest absolute Gasteiger partial charge is 0.484 e. The van der Waals surface area contributed by atoms with Gasteiger partial charge in [-0.3, -0.25) is 4.79 Å². The summed E-state index contributed by atoms with van der Waals surface area (Å²) in [5.74, 6) is 2.33. The summed E-state index contributed by atoms with van der Waals surface area (Å²) in [6, 6.07) is 13.0. The third-order valence-electron chi connectivity index (χ3n) is 4.28. The Labute approximate surface area is 173 Å². The number of rotatable bonds is 6.